The first kappa shape index (κ1) is 19.0. The molecule has 4 nitrogen and oxygen atoms in total. The molecule has 0 saturated heterocycles. The average Bonchev–Trinajstić information content (AvgIpc) is 2.68. The van der Waals surface area contributed by atoms with Gasteiger partial charge < -0.3 is 10.2 Å². The fourth-order valence-corrected chi connectivity index (χ4v) is 3.76. The Morgan fingerprint density at radius 2 is 1.67 bits per heavy atom. The van der Waals surface area contributed by atoms with Gasteiger partial charge in [0.25, 0.3) is 0 Å². The zero-order valence-electron chi connectivity index (χ0n) is 15.4. The quantitative estimate of drug-likeness (QED) is 0.618. The van der Waals surface area contributed by atoms with Crippen molar-refractivity contribution in [1.29, 1.82) is 0 Å². The van der Waals surface area contributed by atoms with Crippen LogP contribution in [0.5, 0.6) is 0 Å². The van der Waals surface area contributed by atoms with E-state index in [0.717, 1.165) is 27.0 Å². The van der Waals surface area contributed by atoms with E-state index >= 15 is 0 Å². The molecule has 5 heteroatoms. The molecule has 0 aliphatic carbocycles. The van der Waals surface area contributed by atoms with Gasteiger partial charge in [-0.2, -0.15) is 0 Å². The van der Waals surface area contributed by atoms with Crippen molar-refractivity contribution in [3.63, 3.8) is 0 Å². The lowest BCUT2D eigenvalue weighted by Gasteiger charge is -2.22. The van der Waals surface area contributed by atoms with Crippen LogP contribution in [-0.2, 0) is 9.59 Å². The molecule has 0 aliphatic heterocycles. The topological polar surface area (TPSA) is 49.4 Å². The monoisotopic (exact) mass is 378 g/mol. The number of rotatable bonds is 6. The molecule has 0 fully saturated rings. The Bertz CT molecular complexity index is 949. The Labute approximate surface area is 163 Å². The highest BCUT2D eigenvalue weighted by atomic mass is 32.2. The summed E-state index contributed by atoms with van der Waals surface area (Å²) in [5.41, 5.74) is 1.70. The molecule has 3 rings (SSSR count). The number of nitrogens with one attached hydrogen (secondary N) is 1. The highest BCUT2D eigenvalue weighted by molar-refractivity contribution is 8.00. The van der Waals surface area contributed by atoms with Gasteiger partial charge in [0, 0.05) is 29.4 Å². The lowest BCUT2D eigenvalue weighted by Crippen LogP contribution is -2.32. The van der Waals surface area contributed by atoms with Crippen molar-refractivity contribution < 1.29 is 9.59 Å². The summed E-state index contributed by atoms with van der Waals surface area (Å²) in [6.07, 6.45) is 0. The number of hydrogen-bond donors (Lipinski definition) is 1. The van der Waals surface area contributed by atoms with Crippen molar-refractivity contribution in [2.75, 3.05) is 22.5 Å². The van der Waals surface area contributed by atoms with Gasteiger partial charge in [-0.25, -0.2) is 0 Å². The van der Waals surface area contributed by atoms with E-state index in [4.69, 9.17) is 0 Å². The Hall–Kier alpha value is -2.79. The second-order valence-corrected chi connectivity index (χ2v) is 7.18. The van der Waals surface area contributed by atoms with Crippen molar-refractivity contribution in [3.8, 4) is 0 Å². The molecule has 0 radical (unpaired) electrons. The summed E-state index contributed by atoms with van der Waals surface area (Å²) in [6.45, 7) is 4.09. The molecule has 2 amide bonds. The molecule has 0 aromatic heterocycles. The molecule has 0 saturated carbocycles. The maximum atomic E-state index is 12.9. The zero-order chi connectivity index (χ0) is 19.2. The predicted octanol–water partition coefficient (Wildman–Crippen LogP) is 4.94. The number of anilines is 2. The van der Waals surface area contributed by atoms with Gasteiger partial charge in [0.05, 0.1) is 11.4 Å². The molecule has 3 aromatic rings. The van der Waals surface area contributed by atoms with E-state index in [1.54, 1.807) is 0 Å². The van der Waals surface area contributed by atoms with Crippen molar-refractivity contribution in [2.24, 2.45) is 0 Å². The maximum absolute atomic E-state index is 12.9. The van der Waals surface area contributed by atoms with E-state index in [0.29, 0.717) is 12.3 Å². The molecule has 0 bridgehead atoms. The van der Waals surface area contributed by atoms with Gasteiger partial charge in [-0.05, 0) is 42.6 Å². The van der Waals surface area contributed by atoms with Crippen LogP contribution < -0.4 is 10.2 Å². The Morgan fingerprint density at radius 1 is 0.963 bits per heavy atom. The second-order valence-electron chi connectivity index (χ2n) is 6.13. The molecule has 0 aliphatic rings. The molecular weight excluding hydrogens is 356 g/mol. The number of carbonyl (C=O) groups is 2. The van der Waals surface area contributed by atoms with Crippen LogP contribution in [0.2, 0.25) is 0 Å². The Morgan fingerprint density at radius 3 is 2.37 bits per heavy atom. The van der Waals surface area contributed by atoms with Gasteiger partial charge in [-0.1, -0.05) is 36.4 Å². The summed E-state index contributed by atoms with van der Waals surface area (Å²) in [5, 5.41) is 4.95. The standard InChI is InChI=1S/C22H22N2O2S/c1-3-24(21-10-6-8-17-7-4-5-9-20(17)21)22(26)15-27-19-13-11-18(12-14-19)23-16(2)25/h4-14H,3,15H2,1-2H3,(H,23,25). The summed E-state index contributed by atoms with van der Waals surface area (Å²) in [4.78, 5) is 26.8. The molecule has 0 unspecified atom stereocenters. The SMILES string of the molecule is CCN(C(=O)CSc1ccc(NC(C)=O)cc1)c1cccc2ccccc12. The van der Waals surface area contributed by atoms with E-state index in [1.165, 1.54) is 18.7 Å². The van der Waals surface area contributed by atoms with Gasteiger partial charge in [-0.3, -0.25) is 9.59 Å². The number of nitrogens with zero attached hydrogens (tertiary/aromatic N) is 1. The van der Waals surface area contributed by atoms with Gasteiger partial charge >= 0.3 is 0 Å². The Kier molecular flexibility index (Phi) is 6.14. The zero-order valence-corrected chi connectivity index (χ0v) is 16.3. The van der Waals surface area contributed by atoms with Crippen LogP contribution >= 0.6 is 11.8 Å². The lowest BCUT2D eigenvalue weighted by molar-refractivity contribution is -0.116. The highest BCUT2D eigenvalue weighted by Crippen LogP contribution is 2.28. The molecule has 3 aromatic carbocycles. The third kappa shape index (κ3) is 4.68. The maximum Gasteiger partial charge on any atom is 0.237 e. The van der Waals surface area contributed by atoms with Gasteiger partial charge in [0.1, 0.15) is 0 Å². The van der Waals surface area contributed by atoms with Crippen LogP contribution in [0.1, 0.15) is 13.8 Å². The summed E-state index contributed by atoms with van der Waals surface area (Å²) >= 11 is 1.50. The van der Waals surface area contributed by atoms with E-state index < -0.39 is 0 Å². The fraction of sp³-hybridized carbons (Fsp3) is 0.182. The minimum Gasteiger partial charge on any atom is -0.326 e. The van der Waals surface area contributed by atoms with Crippen LogP contribution in [0.25, 0.3) is 10.8 Å². The fourth-order valence-electron chi connectivity index (χ4n) is 2.99. The van der Waals surface area contributed by atoms with Crippen molar-refractivity contribution in [2.45, 2.75) is 18.7 Å². The van der Waals surface area contributed by atoms with Crippen LogP contribution in [0.3, 0.4) is 0 Å². The third-order valence-corrected chi connectivity index (χ3v) is 5.21. The van der Waals surface area contributed by atoms with E-state index in [-0.39, 0.29) is 11.8 Å². The van der Waals surface area contributed by atoms with Crippen LogP contribution in [0.4, 0.5) is 11.4 Å². The van der Waals surface area contributed by atoms with E-state index in [2.05, 4.69) is 23.5 Å². The van der Waals surface area contributed by atoms with E-state index in [9.17, 15) is 9.59 Å². The summed E-state index contributed by atoms with van der Waals surface area (Å²) in [5.74, 6) is 0.334. The molecular formula is C22H22N2O2S. The molecule has 1 N–H and O–H groups in total. The first-order valence-electron chi connectivity index (χ1n) is 8.87. The average molecular weight is 378 g/mol. The highest BCUT2D eigenvalue weighted by Gasteiger charge is 2.16. The Balaban J connectivity index is 1.71. The van der Waals surface area contributed by atoms with Crippen LogP contribution in [0, 0.1) is 0 Å². The summed E-state index contributed by atoms with van der Waals surface area (Å²) in [6, 6.07) is 21.7. The van der Waals surface area contributed by atoms with Crippen LogP contribution in [-0.4, -0.2) is 24.1 Å². The van der Waals surface area contributed by atoms with Gasteiger partial charge in [-0.15, -0.1) is 11.8 Å². The smallest absolute Gasteiger partial charge is 0.237 e. The van der Waals surface area contributed by atoms with Crippen molar-refractivity contribution >= 4 is 45.7 Å². The first-order chi connectivity index (χ1) is 13.1. The van der Waals surface area contributed by atoms with Crippen molar-refractivity contribution in [3.05, 3.63) is 66.7 Å². The third-order valence-electron chi connectivity index (χ3n) is 4.21. The van der Waals surface area contributed by atoms with Gasteiger partial charge in [0.2, 0.25) is 11.8 Å². The normalized spacial score (nSPS) is 10.6. The van der Waals surface area contributed by atoms with E-state index in [1.807, 2.05) is 60.4 Å². The summed E-state index contributed by atoms with van der Waals surface area (Å²) in [7, 11) is 0. The minimum atomic E-state index is -0.0979. The number of fused-ring (bicyclic) bond motifs is 1. The number of thioether (sulfide) groups is 1. The lowest BCUT2D eigenvalue weighted by atomic mass is 10.1. The number of carbonyl (C=O) groups excluding carboxylic acids is 2. The number of benzene rings is 3. The molecule has 138 valence electrons. The number of amides is 2. The molecule has 0 spiro atoms. The van der Waals surface area contributed by atoms with Crippen molar-refractivity contribution in [1.82, 2.24) is 0 Å². The largest absolute Gasteiger partial charge is 0.326 e. The minimum absolute atomic E-state index is 0.0739. The second kappa shape index (κ2) is 8.73. The van der Waals surface area contributed by atoms with Gasteiger partial charge in [0.15, 0.2) is 0 Å². The molecule has 0 heterocycles. The predicted molar refractivity (Wildman–Crippen MR) is 113 cm³/mol. The number of hydrogen-bond acceptors (Lipinski definition) is 3. The molecule has 27 heavy (non-hydrogen) atoms. The molecule has 0 atom stereocenters. The first-order valence-corrected chi connectivity index (χ1v) is 9.85. The summed E-state index contributed by atoms with van der Waals surface area (Å²) < 4.78 is 0. The van der Waals surface area contributed by atoms with Crippen LogP contribution in [0.15, 0.2) is 71.6 Å².